The molecule has 0 radical (unpaired) electrons. The Hall–Kier alpha value is -0.730. The van der Waals surface area contributed by atoms with Crippen LogP contribution >= 0.6 is 11.6 Å². The van der Waals surface area contributed by atoms with Crippen LogP contribution < -0.4 is 11.5 Å². The average Bonchev–Trinajstić information content (AvgIpc) is 1.94. The largest absolute Gasteiger partial charge is 0.398 e. The van der Waals surface area contributed by atoms with E-state index < -0.39 is 0 Å². The highest BCUT2D eigenvalue weighted by molar-refractivity contribution is 6.33. The quantitative estimate of drug-likeness (QED) is 0.633. The van der Waals surface area contributed by atoms with Crippen molar-refractivity contribution in [2.75, 3.05) is 5.73 Å². The Bertz CT molecular complexity index is 258. The van der Waals surface area contributed by atoms with E-state index in [2.05, 4.69) is 0 Å². The molecular formula is C8H11ClN2. The minimum Gasteiger partial charge on any atom is -0.398 e. The van der Waals surface area contributed by atoms with Gasteiger partial charge in [-0.25, -0.2) is 0 Å². The van der Waals surface area contributed by atoms with E-state index in [-0.39, 0.29) is 6.04 Å². The molecule has 0 aromatic heterocycles. The summed E-state index contributed by atoms with van der Waals surface area (Å²) in [5.41, 5.74) is 12.8. The van der Waals surface area contributed by atoms with E-state index in [9.17, 15) is 0 Å². The van der Waals surface area contributed by atoms with Gasteiger partial charge in [-0.05, 0) is 24.6 Å². The number of hydrogen-bond acceptors (Lipinski definition) is 2. The second-order valence-electron chi connectivity index (χ2n) is 2.57. The third kappa shape index (κ3) is 1.85. The first-order valence-corrected chi connectivity index (χ1v) is 3.79. The van der Waals surface area contributed by atoms with Crippen LogP contribution in [0, 0.1) is 0 Å². The predicted octanol–water partition coefficient (Wildman–Crippen LogP) is 1.94. The molecular weight excluding hydrogens is 160 g/mol. The minimum absolute atomic E-state index is 0.00886. The molecule has 0 amide bonds. The molecule has 60 valence electrons. The van der Waals surface area contributed by atoms with Gasteiger partial charge in [0.15, 0.2) is 0 Å². The Morgan fingerprint density at radius 3 is 2.55 bits per heavy atom. The van der Waals surface area contributed by atoms with Gasteiger partial charge in [0.2, 0.25) is 0 Å². The summed E-state index contributed by atoms with van der Waals surface area (Å²) < 4.78 is 0. The zero-order valence-electron chi connectivity index (χ0n) is 6.34. The van der Waals surface area contributed by atoms with Crippen LogP contribution in [0.2, 0.25) is 5.02 Å². The second-order valence-corrected chi connectivity index (χ2v) is 2.98. The van der Waals surface area contributed by atoms with Crippen molar-refractivity contribution < 1.29 is 0 Å². The van der Waals surface area contributed by atoms with Crippen molar-refractivity contribution >= 4 is 17.3 Å². The smallest absolute Gasteiger partial charge is 0.0635 e. The third-order valence-corrected chi connectivity index (χ3v) is 1.89. The molecule has 0 unspecified atom stereocenters. The molecule has 4 N–H and O–H groups in total. The molecule has 0 spiro atoms. The summed E-state index contributed by atoms with van der Waals surface area (Å²) in [4.78, 5) is 0. The Morgan fingerprint density at radius 1 is 1.45 bits per heavy atom. The molecule has 1 rings (SSSR count). The van der Waals surface area contributed by atoms with Gasteiger partial charge in [-0.1, -0.05) is 17.7 Å². The van der Waals surface area contributed by atoms with Gasteiger partial charge in [0.25, 0.3) is 0 Å². The van der Waals surface area contributed by atoms with Gasteiger partial charge < -0.3 is 11.5 Å². The van der Waals surface area contributed by atoms with Crippen molar-refractivity contribution in [2.24, 2.45) is 5.73 Å². The zero-order chi connectivity index (χ0) is 8.43. The normalized spacial score (nSPS) is 13.0. The molecule has 0 heterocycles. The number of nitrogens with two attached hydrogens (primary N) is 2. The van der Waals surface area contributed by atoms with Gasteiger partial charge in [0.05, 0.1) is 10.7 Å². The van der Waals surface area contributed by atoms with E-state index in [0.717, 1.165) is 5.56 Å². The number of rotatable bonds is 1. The molecule has 0 bridgehead atoms. The number of nitrogen functional groups attached to an aromatic ring is 1. The van der Waals surface area contributed by atoms with Gasteiger partial charge in [0, 0.05) is 6.04 Å². The fraction of sp³-hybridized carbons (Fsp3) is 0.250. The standard InChI is InChI=1S/C8H11ClN2/c1-5(10)6-2-3-7(9)8(11)4-6/h2-5H,10-11H2,1H3/t5-/m1/s1. The second kappa shape index (κ2) is 3.11. The zero-order valence-corrected chi connectivity index (χ0v) is 7.10. The number of benzene rings is 1. The Balaban J connectivity index is 3.05. The van der Waals surface area contributed by atoms with Crippen LogP contribution in [0.4, 0.5) is 5.69 Å². The SMILES string of the molecule is C[C@@H](N)c1ccc(Cl)c(N)c1. The third-order valence-electron chi connectivity index (χ3n) is 1.55. The van der Waals surface area contributed by atoms with Crippen LogP contribution in [0.5, 0.6) is 0 Å². The molecule has 0 aliphatic heterocycles. The first kappa shape index (κ1) is 8.37. The number of hydrogen-bond donors (Lipinski definition) is 2. The van der Waals surface area contributed by atoms with Crippen LogP contribution in [0.25, 0.3) is 0 Å². The molecule has 3 heteroatoms. The lowest BCUT2D eigenvalue weighted by Gasteiger charge is -2.06. The molecule has 0 saturated carbocycles. The van der Waals surface area contributed by atoms with E-state index in [1.807, 2.05) is 13.0 Å². The van der Waals surface area contributed by atoms with E-state index in [4.69, 9.17) is 23.1 Å². The molecule has 1 atom stereocenters. The maximum absolute atomic E-state index is 5.72. The van der Waals surface area contributed by atoms with Crippen LogP contribution in [0.3, 0.4) is 0 Å². The molecule has 0 aliphatic rings. The van der Waals surface area contributed by atoms with Crippen molar-refractivity contribution in [1.29, 1.82) is 0 Å². The lowest BCUT2D eigenvalue weighted by Crippen LogP contribution is -2.05. The molecule has 1 aromatic rings. The summed E-state index contributed by atoms with van der Waals surface area (Å²) in [7, 11) is 0. The van der Waals surface area contributed by atoms with Crippen LogP contribution in [0.15, 0.2) is 18.2 Å². The summed E-state index contributed by atoms with van der Waals surface area (Å²) in [5, 5.41) is 0.578. The van der Waals surface area contributed by atoms with E-state index in [0.29, 0.717) is 10.7 Å². The predicted molar refractivity (Wildman–Crippen MR) is 48.5 cm³/mol. The highest BCUT2D eigenvalue weighted by Crippen LogP contribution is 2.21. The first-order chi connectivity index (χ1) is 5.11. The maximum atomic E-state index is 5.72. The van der Waals surface area contributed by atoms with E-state index in [1.54, 1.807) is 12.1 Å². The molecule has 11 heavy (non-hydrogen) atoms. The number of halogens is 1. The minimum atomic E-state index is 0.00886. The van der Waals surface area contributed by atoms with Gasteiger partial charge in [0.1, 0.15) is 0 Å². The molecule has 2 nitrogen and oxygen atoms in total. The van der Waals surface area contributed by atoms with Crippen molar-refractivity contribution in [3.8, 4) is 0 Å². The summed E-state index contributed by atoms with van der Waals surface area (Å²) in [6.45, 7) is 1.91. The Morgan fingerprint density at radius 2 is 2.09 bits per heavy atom. The summed E-state index contributed by atoms with van der Waals surface area (Å²) in [5.74, 6) is 0. The number of anilines is 1. The molecule has 0 fully saturated rings. The van der Waals surface area contributed by atoms with Crippen molar-refractivity contribution in [3.05, 3.63) is 28.8 Å². The van der Waals surface area contributed by atoms with Gasteiger partial charge in [-0.2, -0.15) is 0 Å². The van der Waals surface area contributed by atoms with Gasteiger partial charge in [-0.15, -0.1) is 0 Å². The molecule has 0 aliphatic carbocycles. The van der Waals surface area contributed by atoms with Crippen LogP contribution in [-0.4, -0.2) is 0 Å². The Labute approximate surface area is 71.1 Å². The average molecular weight is 171 g/mol. The van der Waals surface area contributed by atoms with Gasteiger partial charge >= 0.3 is 0 Å². The fourth-order valence-electron chi connectivity index (χ4n) is 0.845. The summed E-state index contributed by atoms with van der Waals surface area (Å²) in [6, 6.07) is 5.45. The Kier molecular flexibility index (Phi) is 2.37. The summed E-state index contributed by atoms with van der Waals surface area (Å²) >= 11 is 5.72. The summed E-state index contributed by atoms with van der Waals surface area (Å²) in [6.07, 6.45) is 0. The molecule has 0 saturated heterocycles. The highest BCUT2D eigenvalue weighted by atomic mass is 35.5. The van der Waals surface area contributed by atoms with Crippen molar-refractivity contribution in [3.63, 3.8) is 0 Å². The fourth-order valence-corrected chi connectivity index (χ4v) is 0.963. The lowest BCUT2D eigenvalue weighted by atomic mass is 10.1. The van der Waals surface area contributed by atoms with Crippen molar-refractivity contribution in [1.82, 2.24) is 0 Å². The van der Waals surface area contributed by atoms with Crippen LogP contribution in [-0.2, 0) is 0 Å². The lowest BCUT2D eigenvalue weighted by molar-refractivity contribution is 0.819. The topological polar surface area (TPSA) is 52.0 Å². The van der Waals surface area contributed by atoms with Crippen molar-refractivity contribution in [2.45, 2.75) is 13.0 Å². The maximum Gasteiger partial charge on any atom is 0.0635 e. The molecule has 1 aromatic carbocycles. The van der Waals surface area contributed by atoms with Gasteiger partial charge in [-0.3, -0.25) is 0 Å². The van der Waals surface area contributed by atoms with Crippen LogP contribution in [0.1, 0.15) is 18.5 Å². The van der Waals surface area contributed by atoms with E-state index >= 15 is 0 Å². The van der Waals surface area contributed by atoms with E-state index in [1.165, 1.54) is 0 Å². The first-order valence-electron chi connectivity index (χ1n) is 3.42. The monoisotopic (exact) mass is 170 g/mol. The highest BCUT2D eigenvalue weighted by Gasteiger charge is 2.01.